The number of alkyl carbamates (subject to hydrolysis) is 1. The summed E-state index contributed by atoms with van der Waals surface area (Å²) >= 11 is 0. The van der Waals surface area contributed by atoms with Gasteiger partial charge in [0.25, 0.3) is 0 Å². The van der Waals surface area contributed by atoms with Crippen molar-refractivity contribution in [2.75, 3.05) is 0 Å². The zero-order chi connectivity index (χ0) is 19.2. The molecule has 5 nitrogen and oxygen atoms in total. The van der Waals surface area contributed by atoms with Crippen molar-refractivity contribution in [3.05, 3.63) is 83.7 Å². The zero-order valence-electron chi connectivity index (χ0n) is 14.4. The molecule has 0 bridgehead atoms. The predicted molar refractivity (Wildman–Crippen MR) is 98.8 cm³/mol. The first kappa shape index (κ1) is 18.4. The number of carbonyl (C=O) groups is 2. The molecule has 0 aliphatic heterocycles. The van der Waals surface area contributed by atoms with Crippen LogP contribution in [0.5, 0.6) is 0 Å². The Kier molecular flexibility index (Phi) is 5.66. The van der Waals surface area contributed by atoms with Gasteiger partial charge in [0.2, 0.25) is 0 Å². The molecule has 0 saturated carbocycles. The summed E-state index contributed by atoms with van der Waals surface area (Å²) in [5.74, 6) is -1.57. The van der Waals surface area contributed by atoms with Crippen LogP contribution in [0.2, 0.25) is 0 Å². The maximum Gasteiger partial charge on any atom is 0.408 e. The molecule has 1 amide bonds. The fourth-order valence-corrected chi connectivity index (χ4v) is 2.83. The second-order valence-electron chi connectivity index (χ2n) is 6.05. The minimum absolute atomic E-state index is 0.0105. The SMILES string of the molecule is O=C(N[C@@H](Cc1ccc(F)c2ccccc12)C(=O)O)OCc1ccccc1. The number of hydrogen-bond acceptors (Lipinski definition) is 3. The Bertz CT molecular complexity index is 959. The minimum Gasteiger partial charge on any atom is -0.480 e. The number of hydrogen-bond donors (Lipinski definition) is 2. The lowest BCUT2D eigenvalue weighted by Crippen LogP contribution is -2.42. The van der Waals surface area contributed by atoms with Gasteiger partial charge in [-0.15, -0.1) is 0 Å². The third-order valence-electron chi connectivity index (χ3n) is 4.19. The molecule has 0 heterocycles. The monoisotopic (exact) mass is 367 g/mol. The number of carboxylic acids is 1. The maximum absolute atomic E-state index is 13.9. The van der Waals surface area contributed by atoms with E-state index in [0.29, 0.717) is 16.3 Å². The molecule has 2 N–H and O–H groups in total. The van der Waals surface area contributed by atoms with Crippen LogP contribution in [0.25, 0.3) is 10.8 Å². The average molecular weight is 367 g/mol. The van der Waals surface area contributed by atoms with E-state index in [2.05, 4.69) is 5.32 Å². The van der Waals surface area contributed by atoms with E-state index in [1.54, 1.807) is 36.4 Å². The third-order valence-corrected chi connectivity index (χ3v) is 4.19. The van der Waals surface area contributed by atoms with E-state index in [-0.39, 0.29) is 18.8 Å². The van der Waals surface area contributed by atoms with E-state index in [1.807, 2.05) is 18.2 Å². The van der Waals surface area contributed by atoms with Crippen molar-refractivity contribution < 1.29 is 23.8 Å². The first-order valence-corrected chi connectivity index (χ1v) is 8.41. The van der Waals surface area contributed by atoms with Crippen LogP contribution in [-0.4, -0.2) is 23.2 Å². The number of carbonyl (C=O) groups excluding carboxylic acids is 1. The van der Waals surface area contributed by atoms with E-state index < -0.39 is 18.1 Å². The zero-order valence-corrected chi connectivity index (χ0v) is 14.4. The molecule has 0 saturated heterocycles. The highest BCUT2D eigenvalue weighted by Gasteiger charge is 2.22. The Morgan fingerprint density at radius 3 is 2.33 bits per heavy atom. The second kappa shape index (κ2) is 8.31. The Balaban J connectivity index is 1.70. The molecule has 138 valence electrons. The van der Waals surface area contributed by atoms with E-state index >= 15 is 0 Å². The summed E-state index contributed by atoms with van der Waals surface area (Å²) in [4.78, 5) is 23.6. The number of halogens is 1. The van der Waals surface area contributed by atoms with E-state index in [1.165, 1.54) is 12.1 Å². The van der Waals surface area contributed by atoms with E-state index in [0.717, 1.165) is 5.56 Å². The molecular weight excluding hydrogens is 349 g/mol. The molecule has 0 aliphatic rings. The van der Waals surface area contributed by atoms with Gasteiger partial charge in [-0.1, -0.05) is 60.7 Å². The number of aliphatic carboxylic acids is 1. The summed E-state index contributed by atoms with van der Waals surface area (Å²) in [6.07, 6.45) is -0.811. The summed E-state index contributed by atoms with van der Waals surface area (Å²) in [5, 5.41) is 12.8. The molecule has 1 atom stereocenters. The predicted octanol–water partition coefficient (Wildman–Crippen LogP) is 3.90. The molecular formula is C21H18FNO4. The number of carboxylic acid groups (broad SMARTS) is 1. The van der Waals surface area contributed by atoms with Gasteiger partial charge in [-0.2, -0.15) is 0 Å². The molecule has 0 radical (unpaired) electrons. The van der Waals surface area contributed by atoms with Gasteiger partial charge in [-0.3, -0.25) is 0 Å². The second-order valence-corrected chi connectivity index (χ2v) is 6.05. The van der Waals surface area contributed by atoms with Crippen LogP contribution in [0.3, 0.4) is 0 Å². The lowest BCUT2D eigenvalue weighted by Gasteiger charge is -2.16. The fraction of sp³-hybridized carbons (Fsp3) is 0.143. The van der Waals surface area contributed by atoms with Gasteiger partial charge in [0.05, 0.1) is 0 Å². The van der Waals surface area contributed by atoms with Gasteiger partial charge < -0.3 is 15.2 Å². The first-order chi connectivity index (χ1) is 13.0. The number of ether oxygens (including phenoxy) is 1. The van der Waals surface area contributed by atoms with Crippen molar-refractivity contribution in [3.8, 4) is 0 Å². The first-order valence-electron chi connectivity index (χ1n) is 8.41. The Labute approximate surface area is 155 Å². The summed E-state index contributed by atoms with van der Waals surface area (Å²) in [5.41, 5.74) is 1.42. The Morgan fingerprint density at radius 2 is 1.63 bits per heavy atom. The summed E-state index contributed by atoms with van der Waals surface area (Å²) in [7, 11) is 0. The van der Waals surface area contributed by atoms with Gasteiger partial charge >= 0.3 is 12.1 Å². The molecule has 0 aliphatic carbocycles. The number of nitrogens with one attached hydrogen (secondary N) is 1. The highest BCUT2D eigenvalue weighted by atomic mass is 19.1. The van der Waals surface area contributed by atoms with Crippen LogP contribution >= 0.6 is 0 Å². The van der Waals surface area contributed by atoms with E-state index in [4.69, 9.17) is 4.74 Å². The van der Waals surface area contributed by atoms with Crippen molar-refractivity contribution in [3.63, 3.8) is 0 Å². The number of rotatable bonds is 6. The molecule has 0 unspecified atom stereocenters. The Morgan fingerprint density at radius 1 is 0.963 bits per heavy atom. The van der Waals surface area contributed by atoms with Crippen LogP contribution in [0.15, 0.2) is 66.7 Å². The molecule has 0 aromatic heterocycles. The molecule has 3 aromatic carbocycles. The van der Waals surface area contributed by atoms with Crippen molar-refractivity contribution in [1.29, 1.82) is 0 Å². The summed E-state index contributed by atoms with van der Waals surface area (Å²) in [6.45, 7) is 0.0402. The lowest BCUT2D eigenvalue weighted by molar-refractivity contribution is -0.139. The van der Waals surface area contributed by atoms with Gasteiger partial charge in [0, 0.05) is 11.8 Å². The lowest BCUT2D eigenvalue weighted by atomic mass is 9.98. The van der Waals surface area contributed by atoms with Crippen molar-refractivity contribution in [2.24, 2.45) is 0 Å². The molecule has 27 heavy (non-hydrogen) atoms. The maximum atomic E-state index is 13.9. The highest BCUT2D eigenvalue weighted by molar-refractivity contribution is 5.87. The van der Waals surface area contributed by atoms with Crippen molar-refractivity contribution in [1.82, 2.24) is 5.32 Å². The van der Waals surface area contributed by atoms with Gasteiger partial charge in [0.1, 0.15) is 18.5 Å². The summed E-state index contributed by atoms with van der Waals surface area (Å²) in [6, 6.07) is 17.5. The van der Waals surface area contributed by atoms with Crippen LogP contribution in [0.1, 0.15) is 11.1 Å². The number of benzene rings is 3. The molecule has 0 spiro atoms. The largest absolute Gasteiger partial charge is 0.480 e. The standard InChI is InChI=1S/C21H18FNO4/c22-18-11-10-15(16-8-4-5-9-17(16)18)12-19(20(24)25)23-21(26)27-13-14-6-2-1-3-7-14/h1-11,19H,12-13H2,(H,23,26)(H,24,25)/t19-/m0/s1. The topological polar surface area (TPSA) is 75.6 Å². The summed E-state index contributed by atoms with van der Waals surface area (Å²) < 4.78 is 19.0. The van der Waals surface area contributed by atoms with Crippen LogP contribution < -0.4 is 5.32 Å². The van der Waals surface area contributed by atoms with Crippen LogP contribution in [-0.2, 0) is 22.6 Å². The third kappa shape index (κ3) is 4.61. The normalized spacial score (nSPS) is 11.7. The molecule has 6 heteroatoms. The number of amides is 1. The van der Waals surface area contributed by atoms with Gasteiger partial charge in [-0.05, 0) is 22.6 Å². The molecule has 3 aromatic rings. The fourth-order valence-electron chi connectivity index (χ4n) is 2.83. The smallest absolute Gasteiger partial charge is 0.408 e. The minimum atomic E-state index is -1.19. The van der Waals surface area contributed by atoms with Crippen molar-refractivity contribution in [2.45, 2.75) is 19.1 Å². The molecule has 0 fully saturated rings. The van der Waals surface area contributed by atoms with Crippen LogP contribution in [0.4, 0.5) is 9.18 Å². The average Bonchev–Trinajstić information content (AvgIpc) is 2.69. The van der Waals surface area contributed by atoms with Crippen molar-refractivity contribution >= 4 is 22.8 Å². The van der Waals surface area contributed by atoms with E-state index in [9.17, 15) is 19.1 Å². The Hall–Kier alpha value is -3.41. The molecule has 3 rings (SSSR count). The highest BCUT2D eigenvalue weighted by Crippen LogP contribution is 2.23. The van der Waals surface area contributed by atoms with Gasteiger partial charge in [0.15, 0.2) is 0 Å². The quantitative estimate of drug-likeness (QED) is 0.693. The number of fused-ring (bicyclic) bond motifs is 1. The van der Waals surface area contributed by atoms with Gasteiger partial charge in [-0.25, -0.2) is 14.0 Å². The van der Waals surface area contributed by atoms with Crippen LogP contribution in [0, 0.1) is 5.82 Å².